The molecular formula is C15H24N2. The summed E-state index contributed by atoms with van der Waals surface area (Å²) < 4.78 is 0. The molecule has 0 heterocycles. The van der Waals surface area contributed by atoms with Gasteiger partial charge in [-0.25, -0.2) is 0 Å². The summed E-state index contributed by atoms with van der Waals surface area (Å²) in [6, 6.07) is 10.7. The third-order valence-electron chi connectivity index (χ3n) is 3.82. The van der Waals surface area contributed by atoms with Crippen LogP contribution in [0.5, 0.6) is 0 Å². The summed E-state index contributed by atoms with van der Waals surface area (Å²) in [5.74, 6) is 5.74. The second kappa shape index (κ2) is 5.99. The molecule has 2 heteroatoms. The zero-order valence-corrected chi connectivity index (χ0v) is 11.2. The van der Waals surface area contributed by atoms with Gasteiger partial charge < -0.3 is 0 Å². The standard InChI is InChI=1S/C15H24N2/c1-5-15(6-2,14(17-16)12(3)4)13-10-8-7-9-11-13/h7-11,14,17H,3,5-6,16H2,1-2,4H3. The van der Waals surface area contributed by atoms with Crippen LogP contribution in [0.1, 0.15) is 39.2 Å². The highest BCUT2D eigenvalue weighted by Gasteiger charge is 2.37. The third-order valence-corrected chi connectivity index (χ3v) is 3.82. The zero-order chi connectivity index (χ0) is 12.9. The Labute approximate surface area is 105 Å². The van der Waals surface area contributed by atoms with Crippen molar-refractivity contribution in [2.24, 2.45) is 5.84 Å². The van der Waals surface area contributed by atoms with Gasteiger partial charge in [-0.05, 0) is 25.3 Å². The molecule has 94 valence electrons. The van der Waals surface area contributed by atoms with Crippen LogP contribution in [0.2, 0.25) is 0 Å². The van der Waals surface area contributed by atoms with Gasteiger partial charge in [0.1, 0.15) is 0 Å². The van der Waals surface area contributed by atoms with Crippen molar-refractivity contribution in [2.45, 2.75) is 45.1 Å². The normalized spacial score (nSPS) is 13.4. The Morgan fingerprint density at radius 1 is 1.29 bits per heavy atom. The second-order valence-corrected chi connectivity index (χ2v) is 4.68. The van der Waals surface area contributed by atoms with E-state index in [1.54, 1.807) is 0 Å². The number of rotatable bonds is 6. The SMILES string of the molecule is C=C(C)C(NN)C(CC)(CC)c1ccccc1. The summed E-state index contributed by atoms with van der Waals surface area (Å²) >= 11 is 0. The molecule has 17 heavy (non-hydrogen) atoms. The van der Waals surface area contributed by atoms with E-state index in [1.165, 1.54) is 5.56 Å². The smallest absolute Gasteiger partial charge is 0.0511 e. The first kappa shape index (κ1) is 13.9. The van der Waals surface area contributed by atoms with Crippen LogP contribution >= 0.6 is 0 Å². The number of hydrogen-bond donors (Lipinski definition) is 2. The van der Waals surface area contributed by atoms with Gasteiger partial charge in [0.15, 0.2) is 0 Å². The van der Waals surface area contributed by atoms with Gasteiger partial charge in [0.2, 0.25) is 0 Å². The van der Waals surface area contributed by atoms with Crippen LogP contribution in [0, 0.1) is 0 Å². The molecule has 1 rings (SSSR count). The fourth-order valence-corrected chi connectivity index (χ4v) is 2.78. The average Bonchev–Trinajstić information content (AvgIpc) is 2.36. The van der Waals surface area contributed by atoms with Crippen LogP contribution in [-0.4, -0.2) is 6.04 Å². The molecule has 0 spiro atoms. The number of hydrazine groups is 1. The Morgan fingerprint density at radius 3 is 2.18 bits per heavy atom. The van der Waals surface area contributed by atoms with E-state index in [0.717, 1.165) is 18.4 Å². The maximum Gasteiger partial charge on any atom is 0.0511 e. The van der Waals surface area contributed by atoms with Gasteiger partial charge in [0, 0.05) is 5.41 Å². The molecule has 0 bridgehead atoms. The van der Waals surface area contributed by atoms with Crippen molar-refractivity contribution in [3.05, 3.63) is 48.0 Å². The van der Waals surface area contributed by atoms with Crippen LogP contribution in [-0.2, 0) is 5.41 Å². The van der Waals surface area contributed by atoms with Gasteiger partial charge in [-0.2, -0.15) is 0 Å². The fraction of sp³-hybridized carbons (Fsp3) is 0.467. The van der Waals surface area contributed by atoms with E-state index >= 15 is 0 Å². The largest absolute Gasteiger partial charge is 0.271 e. The Balaban J connectivity index is 3.26. The minimum atomic E-state index is 0.0296. The van der Waals surface area contributed by atoms with E-state index in [1.807, 2.05) is 13.0 Å². The van der Waals surface area contributed by atoms with Crippen LogP contribution in [0.4, 0.5) is 0 Å². The Kier molecular flexibility index (Phi) is 4.91. The molecule has 0 amide bonds. The van der Waals surface area contributed by atoms with Gasteiger partial charge in [0.25, 0.3) is 0 Å². The highest BCUT2D eigenvalue weighted by Crippen LogP contribution is 2.37. The molecule has 0 aromatic heterocycles. The lowest BCUT2D eigenvalue weighted by Gasteiger charge is -2.40. The molecule has 0 aliphatic rings. The van der Waals surface area contributed by atoms with E-state index in [0.29, 0.717) is 0 Å². The third kappa shape index (κ3) is 2.59. The van der Waals surface area contributed by atoms with E-state index in [-0.39, 0.29) is 11.5 Å². The molecule has 1 atom stereocenters. The molecular weight excluding hydrogens is 208 g/mol. The van der Waals surface area contributed by atoms with Crippen molar-refractivity contribution in [3.8, 4) is 0 Å². The quantitative estimate of drug-likeness (QED) is 0.449. The summed E-state index contributed by atoms with van der Waals surface area (Å²) in [6.45, 7) is 10.5. The Morgan fingerprint density at radius 2 is 1.82 bits per heavy atom. The van der Waals surface area contributed by atoms with E-state index < -0.39 is 0 Å². The monoisotopic (exact) mass is 232 g/mol. The zero-order valence-electron chi connectivity index (χ0n) is 11.2. The van der Waals surface area contributed by atoms with E-state index in [2.05, 4.69) is 50.1 Å². The second-order valence-electron chi connectivity index (χ2n) is 4.68. The highest BCUT2D eigenvalue weighted by molar-refractivity contribution is 5.31. The molecule has 0 saturated carbocycles. The van der Waals surface area contributed by atoms with Crippen molar-refractivity contribution >= 4 is 0 Å². The van der Waals surface area contributed by atoms with Crippen molar-refractivity contribution in [2.75, 3.05) is 0 Å². The number of nitrogens with two attached hydrogens (primary N) is 1. The molecule has 0 aliphatic carbocycles. The molecule has 0 aliphatic heterocycles. The lowest BCUT2D eigenvalue weighted by Crippen LogP contribution is -2.51. The van der Waals surface area contributed by atoms with Gasteiger partial charge in [0.05, 0.1) is 6.04 Å². The van der Waals surface area contributed by atoms with Gasteiger partial charge in [-0.1, -0.05) is 56.3 Å². The van der Waals surface area contributed by atoms with E-state index in [4.69, 9.17) is 5.84 Å². The summed E-state index contributed by atoms with van der Waals surface area (Å²) in [4.78, 5) is 0. The molecule has 0 radical (unpaired) electrons. The lowest BCUT2D eigenvalue weighted by atomic mass is 9.68. The first-order valence-corrected chi connectivity index (χ1v) is 6.29. The van der Waals surface area contributed by atoms with Crippen LogP contribution in [0.15, 0.2) is 42.5 Å². The summed E-state index contributed by atoms with van der Waals surface area (Å²) in [7, 11) is 0. The minimum absolute atomic E-state index is 0.0296. The molecule has 1 unspecified atom stereocenters. The van der Waals surface area contributed by atoms with E-state index in [9.17, 15) is 0 Å². The molecule has 1 aromatic carbocycles. The fourth-order valence-electron chi connectivity index (χ4n) is 2.78. The van der Waals surface area contributed by atoms with Crippen molar-refractivity contribution in [1.29, 1.82) is 0 Å². The van der Waals surface area contributed by atoms with Gasteiger partial charge >= 0.3 is 0 Å². The van der Waals surface area contributed by atoms with Crippen molar-refractivity contribution < 1.29 is 0 Å². The first-order chi connectivity index (χ1) is 8.12. The number of nitrogens with one attached hydrogen (secondary N) is 1. The van der Waals surface area contributed by atoms with Gasteiger partial charge in [-0.3, -0.25) is 11.3 Å². The first-order valence-electron chi connectivity index (χ1n) is 6.29. The average molecular weight is 232 g/mol. The van der Waals surface area contributed by atoms with Crippen LogP contribution < -0.4 is 11.3 Å². The van der Waals surface area contributed by atoms with Crippen LogP contribution in [0.25, 0.3) is 0 Å². The summed E-state index contributed by atoms with van der Waals surface area (Å²) in [5.41, 5.74) is 5.39. The minimum Gasteiger partial charge on any atom is -0.271 e. The maximum absolute atomic E-state index is 5.74. The Bertz CT molecular complexity index is 352. The lowest BCUT2D eigenvalue weighted by molar-refractivity contribution is 0.303. The summed E-state index contributed by atoms with van der Waals surface area (Å²) in [6.07, 6.45) is 2.07. The molecule has 0 saturated heterocycles. The topological polar surface area (TPSA) is 38.0 Å². The highest BCUT2D eigenvalue weighted by atomic mass is 15.2. The number of benzene rings is 1. The molecule has 2 nitrogen and oxygen atoms in total. The summed E-state index contributed by atoms with van der Waals surface area (Å²) in [5, 5.41) is 0. The van der Waals surface area contributed by atoms with Gasteiger partial charge in [-0.15, -0.1) is 0 Å². The molecule has 1 aromatic rings. The van der Waals surface area contributed by atoms with Crippen LogP contribution in [0.3, 0.4) is 0 Å². The number of hydrogen-bond acceptors (Lipinski definition) is 2. The predicted molar refractivity (Wildman–Crippen MR) is 74.6 cm³/mol. The van der Waals surface area contributed by atoms with Crippen molar-refractivity contribution in [1.82, 2.24) is 5.43 Å². The Hall–Kier alpha value is -1.12. The maximum atomic E-state index is 5.74. The molecule has 0 fully saturated rings. The predicted octanol–water partition coefficient (Wildman–Crippen LogP) is 3.15. The molecule has 3 N–H and O–H groups in total. The van der Waals surface area contributed by atoms with Crippen molar-refractivity contribution in [3.63, 3.8) is 0 Å².